The van der Waals surface area contributed by atoms with Crippen molar-refractivity contribution in [3.63, 3.8) is 0 Å². The van der Waals surface area contributed by atoms with Crippen molar-refractivity contribution >= 4 is 56.1 Å². The van der Waals surface area contributed by atoms with E-state index in [4.69, 9.17) is 4.98 Å². The molecule has 0 atom stereocenters. The first kappa shape index (κ1) is 22.7. The molecule has 0 bridgehead atoms. The van der Waals surface area contributed by atoms with E-state index in [9.17, 15) is 10.5 Å². The quantitative estimate of drug-likeness (QED) is 0.280. The van der Waals surface area contributed by atoms with E-state index in [0.29, 0.717) is 31.8 Å². The smallest absolute Gasteiger partial charge is 0.137 e. The molecule has 2 aromatic carbocycles. The second kappa shape index (κ2) is 8.96. The van der Waals surface area contributed by atoms with E-state index < -0.39 is 0 Å². The number of benzene rings is 2. The van der Waals surface area contributed by atoms with Crippen molar-refractivity contribution in [1.82, 2.24) is 15.0 Å². The third kappa shape index (κ3) is 3.76. The maximum absolute atomic E-state index is 10.3. The third-order valence-corrected chi connectivity index (χ3v) is 7.22. The predicted octanol–water partition coefficient (Wildman–Crippen LogP) is 5.74. The minimum absolute atomic E-state index is 0.104. The highest BCUT2D eigenvalue weighted by molar-refractivity contribution is 7.85. The fraction of sp³-hybridized carbons (Fsp3) is 0.107. The number of allylic oxidation sites excluding steroid dienone is 1. The molecule has 2 N–H and O–H groups in total. The van der Waals surface area contributed by atoms with Gasteiger partial charge in [0.2, 0.25) is 0 Å². The Morgan fingerprint density at radius 1 is 0.971 bits per heavy atom. The van der Waals surface area contributed by atoms with Crippen molar-refractivity contribution in [2.24, 2.45) is 0 Å². The first-order chi connectivity index (χ1) is 16.9. The first-order valence-corrected chi connectivity index (χ1v) is 12.3. The van der Waals surface area contributed by atoms with Crippen LogP contribution >= 0.6 is 24.0 Å². The summed E-state index contributed by atoms with van der Waals surface area (Å²) in [5.41, 5.74) is 4.39. The van der Waals surface area contributed by atoms with Crippen LogP contribution in [-0.2, 0) is 0 Å². The van der Waals surface area contributed by atoms with Crippen LogP contribution in [0.1, 0.15) is 30.5 Å². The second-order valence-electron chi connectivity index (χ2n) is 8.47. The highest BCUT2D eigenvalue weighted by Crippen LogP contribution is 2.31. The van der Waals surface area contributed by atoms with Crippen molar-refractivity contribution in [2.75, 3.05) is 0 Å². The summed E-state index contributed by atoms with van der Waals surface area (Å²) in [6.07, 6.45) is 0. The van der Waals surface area contributed by atoms with Crippen molar-refractivity contribution in [3.8, 4) is 23.4 Å². The number of aromatic nitrogens is 3. The number of para-hydroxylation sites is 1. The molecule has 35 heavy (non-hydrogen) atoms. The minimum atomic E-state index is 0.104. The predicted molar refractivity (Wildman–Crippen MR) is 146 cm³/mol. The molecule has 7 heteroatoms. The number of hydrogen-bond donors (Lipinski definition) is 3. The molecule has 0 fully saturated rings. The molecule has 0 saturated heterocycles. The van der Waals surface area contributed by atoms with Gasteiger partial charge in [0.15, 0.2) is 0 Å². The van der Waals surface area contributed by atoms with Gasteiger partial charge in [-0.25, -0.2) is 4.98 Å². The lowest BCUT2D eigenvalue weighted by Crippen LogP contribution is -2.11. The largest absolute Gasteiger partial charge is 0.356 e. The lowest BCUT2D eigenvalue weighted by atomic mass is 10.0. The van der Waals surface area contributed by atoms with Gasteiger partial charge in [0, 0.05) is 21.4 Å². The molecule has 0 aliphatic rings. The summed E-state index contributed by atoms with van der Waals surface area (Å²) in [4.78, 5) is 12.2. The van der Waals surface area contributed by atoms with Gasteiger partial charge < -0.3 is 9.97 Å². The summed E-state index contributed by atoms with van der Waals surface area (Å²) in [6, 6.07) is 22.4. The molecule has 0 spiro atoms. The fourth-order valence-electron chi connectivity index (χ4n) is 4.36. The van der Waals surface area contributed by atoms with Gasteiger partial charge in [0.25, 0.3) is 0 Å². The molecule has 5 rings (SSSR count). The van der Waals surface area contributed by atoms with Gasteiger partial charge >= 0.3 is 0 Å². The fourth-order valence-corrected chi connectivity index (χ4v) is 5.49. The molecule has 3 aromatic heterocycles. The number of H-pyrrole nitrogens is 2. The standard InChI is InChI=1S/C28H21N5S2/c1-15(2)24-22-23(25(17-9-5-4-6-10-17)33-26(22)18(13-29)16(3)34)27(32-24)19(14-30)28-31-20-11-7-8-12-21(20)35-28/h4-12,15,32-34H,3H2,1-2H3/b26-18-,27-19-. The monoisotopic (exact) mass is 491 g/mol. The summed E-state index contributed by atoms with van der Waals surface area (Å²) in [5, 5.41) is 24.0. The zero-order valence-electron chi connectivity index (χ0n) is 19.2. The number of aromatic amines is 2. The molecule has 0 aliphatic heterocycles. The summed E-state index contributed by atoms with van der Waals surface area (Å²) >= 11 is 5.88. The van der Waals surface area contributed by atoms with Crippen molar-refractivity contribution < 1.29 is 0 Å². The Labute approximate surface area is 211 Å². The molecular formula is C28H21N5S2. The molecule has 0 aliphatic carbocycles. The second-order valence-corrected chi connectivity index (χ2v) is 10.0. The van der Waals surface area contributed by atoms with E-state index >= 15 is 0 Å². The minimum Gasteiger partial charge on any atom is -0.356 e. The van der Waals surface area contributed by atoms with Gasteiger partial charge in [0.1, 0.15) is 22.7 Å². The molecule has 5 nitrogen and oxygen atoms in total. The lowest BCUT2D eigenvalue weighted by Gasteiger charge is -2.03. The number of nitriles is 2. The van der Waals surface area contributed by atoms with Gasteiger partial charge in [-0.2, -0.15) is 10.5 Å². The Bertz CT molecular complexity index is 1790. The highest BCUT2D eigenvalue weighted by Gasteiger charge is 2.23. The Morgan fingerprint density at radius 2 is 1.69 bits per heavy atom. The van der Waals surface area contributed by atoms with Crippen LogP contribution in [0.5, 0.6) is 0 Å². The van der Waals surface area contributed by atoms with Crippen LogP contribution in [0.3, 0.4) is 0 Å². The molecule has 170 valence electrons. The van der Waals surface area contributed by atoms with E-state index in [1.165, 1.54) is 11.3 Å². The SMILES string of the molecule is C=C(S)/C(C#N)=c1\[nH]c(-c2ccccc2)c2/c(=C(\C#N)c3nc4ccccc4s3)[nH]c(C(C)C)c12. The van der Waals surface area contributed by atoms with E-state index in [-0.39, 0.29) is 5.92 Å². The normalized spacial score (nSPS) is 13.1. The molecule has 0 radical (unpaired) electrons. The van der Waals surface area contributed by atoms with Crippen molar-refractivity contribution in [3.05, 3.63) is 87.5 Å². The maximum atomic E-state index is 10.3. The zero-order valence-corrected chi connectivity index (χ0v) is 20.9. The topological polar surface area (TPSA) is 92.0 Å². The number of nitrogens with zero attached hydrogens (tertiary/aromatic N) is 3. The van der Waals surface area contributed by atoms with Gasteiger partial charge in [0.05, 0.1) is 32.2 Å². The zero-order chi connectivity index (χ0) is 24.7. The number of nitrogens with one attached hydrogen (secondary N) is 2. The van der Waals surface area contributed by atoms with Crippen LogP contribution in [0.2, 0.25) is 0 Å². The highest BCUT2D eigenvalue weighted by atomic mass is 32.1. The number of rotatable bonds is 4. The Kier molecular flexibility index (Phi) is 5.82. The molecular weight excluding hydrogens is 470 g/mol. The van der Waals surface area contributed by atoms with E-state index in [1.54, 1.807) is 0 Å². The number of thiol groups is 1. The summed E-state index contributed by atoms with van der Waals surface area (Å²) in [6.45, 7) is 8.07. The molecule has 0 saturated carbocycles. The number of hydrogen-bond acceptors (Lipinski definition) is 5. The molecule has 0 unspecified atom stereocenters. The Hall–Kier alpha value is -4.04. The summed E-state index contributed by atoms with van der Waals surface area (Å²) in [7, 11) is 0. The number of thiazole rings is 1. The first-order valence-electron chi connectivity index (χ1n) is 11.1. The Morgan fingerprint density at radius 3 is 2.31 bits per heavy atom. The van der Waals surface area contributed by atoms with Gasteiger partial charge in [-0.05, 0) is 23.6 Å². The van der Waals surface area contributed by atoms with Crippen LogP contribution in [-0.4, -0.2) is 15.0 Å². The van der Waals surface area contributed by atoms with Crippen LogP contribution in [0.4, 0.5) is 0 Å². The maximum Gasteiger partial charge on any atom is 0.137 e. The van der Waals surface area contributed by atoms with Gasteiger partial charge in [-0.15, -0.1) is 24.0 Å². The third-order valence-electron chi connectivity index (χ3n) is 5.94. The van der Waals surface area contributed by atoms with Gasteiger partial charge in [-0.3, -0.25) is 0 Å². The van der Waals surface area contributed by atoms with E-state index in [0.717, 1.165) is 37.9 Å². The Balaban J connectivity index is 2.04. The number of fused-ring (bicyclic) bond motifs is 2. The molecule has 5 aromatic rings. The van der Waals surface area contributed by atoms with E-state index in [2.05, 4.69) is 55.2 Å². The van der Waals surface area contributed by atoms with Gasteiger partial charge in [-0.1, -0.05) is 62.9 Å². The van der Waals surface area contributed by atoms with Crippen molar-refractivity contribution in [1.29, 1.82) is 10.5 Å². The van der Waals surface area contributed by atoms with Crippen LogP contribution < -0.4 is 10.7 Å². The summed E-state index contributed by atoms with van der Waals surface area (Å²) in [5.74, 6) is 0.104. The molecule has 3 heterocycles. The average Bonchev–Trinajstić information content (AvgIpc) is 3.54. The molecule has 0 amide bonds. The average molecular weight is 492 g/mol. The van der Waals surface area contributed by atoms with Crippen molar-refractivity contribution in [2.45, 2.75) is 19.8 Å². The van der Waals surface area contributed by atoms with Crippen LogP contribution in [0.15, 0.2) is 66.1 Å². The van der Waals surface area contributed by atoms with E-state index in [1.807, 2.05) is 54.6 Å². The van der Waals surface area contributed by atoms with Crippen LogP contribution in [0, 0.1) is 22.7 Å². The van der Waals surface area contributed by atoms with Crippen LogP contribution in [0.25, 0.3) is 43.4 Å². The lowest BCUT2D eigenvalue weighted by molar-refractivity contribution is 0.835. The summed E-state index contributed by atoms with van der Waals surface area (Å²) < 4.78 is 1.02.